The van der Waals surface area contributed by atoms with Crippen LogP contribution in [0.15, 0.2) is 30.3 Å². The molecule has 0 N–H and O–H groups in total. The Balaban J connectivity index is 2.63. The van der Waals surface area contributed by atoms with E-state index in [9.17, 15) is 4.79 Å². The molecule has 0 unspecified atom stereocenters. The smallest absolute Gasteiger partial charge is 0.150 e. The van der Waals surface area contributed by atoms with E-state index in [-0.39, 0.29) is 11.2 Å². The average Bonchev–Trinajstić information content (AvgIpc) is 2.38. The van der Waals surface area contributed by atoms with Crippen molar-refractivity contribution in [3.8, 4) is 11.5 Å². The SMILES string of the molecule is CC(C)(C)Oc1ccc(OC(C)(C)C)c2cc(C=O)ccc12. The summed E-state index contributed by atoms with van der Waals surface area (Å²) in [6.07, 6.45) is 0.845. The highest BCUT2D eigenvalue weighted by Gasteiger charge is 2.18. The lowest BCUT2D eigenvalue weighted by Gasteiger charge is -2.25. The maximum absolute atomic E-state index is 11.1. The molecule has 0 fully saturated rings. The van der Waals surface area contributed by atoms with Gasteiger partial charge in [-0.25, -0.2) is 0 Å². The van der Waals surface area contributed by atoms with Crippen LogP contribution in [0.4, 0.5) is 0 Å². The van der Waals surface area contributed by atoms with Gasteiger partial charge in [-0.1, -0.05) is 6.07 Å². The van der Waals surface area contributed by atoms with E-state index in [1.807, 2.05) is 65.8 Å². The fraction of sp³-hybridized carbons (Fsp3) is 0.421. The number of hydrogen-bond acceptors (Lipinski definition) is 3. The number of aldehydes is 1. The van der Waals surface area contributed by atoms with E-state index in [1.165, 1.54) is 0 Å². The maximum atomic E-state index is 11.1. The third kappa shape index (κ3) is 4.00. The first-order valence-corrected chi connectivity index (χ1v) is 7.49. The molecule has 2 aromatic rings. The minimum atomic E-state index is -0.309. The van der Waals surface area contributed by atoms with Crippen molar-refractivity contribution in [2.24, 2.45) is 0 Å². The molecule has 0 spiro atoms. The van der Waals surface area contributed by atoms with E-state index >= 15 is 0 Å². The van der Waals surface area contributed by atoms with Crippen LogP contribution in [0.3, 0.4) is 0 Å². The number of carbonyl (C=O) groups excluding carboxylic acids is 1. The molecular weight excluding hydrogens is 276 g/mol. The second-order valence-electron chi connectivity index (χ2n) is 7.41. The monoisotopic (exact) mass is 300 g/mol. The summed E-state index contributed by atoms with van der Waals surface area (Å²) in [5.41, 5.74) is 0.0262. The second-order valence-corrected chi connectivity index (χ2v) is 7.41. The molecule has 0 aliphatic carbocycles. The lowest BCUT2D eigenvalue weighted by atomic mass is 10.0. The lowest BCUT2D eigenvalue weighted by Crippen LogP contribution is -2.24. The molecule has 2 rings (SSSR count). The zero-order chi connectivity index (χ0) is 16.5. The number of ether oxygens (including phenoxy) is 2. The van der Waals surface area contributed by atoms with E-state index in [0.29, 0.717) is 5.56 Å². The van der Waals surface area contributed by atoms with Gasteiger partial charge in [-0.05, 0) is 65.8 Å². The van der Waals surface area contributed by atoms with Gasteiger partial charge >= 0.3 is 0 Å². The lowest BCUT2D eigenvalue weighted by molar-refractivity contribution is 0.112. The Bertz CT molecular complexity index is 688. The maximum Gasteiger partial charge on any atom is 0.150 e. The highest BCUT2D eigenvalue weighted by atomic mass is 16.5. The van der Waals surface area contributed by atoms with Gasteiger partial charge in [-0.2, -0.15) is 0 Å². The first-order valence-electron chi connectivity index (χ1n) is 7.49. The summed E-state index contributed by atoms with van der Waals surface area (Å²) >= 11 is 0. The van der Waals surface area contributed by atoms with Gasteiger partial charge in [0.25, 0.3) is 0 Å². The van der Waals surface area contributed by atoms with Crippen molar-refractivity contribution in [1.82, 2.24) is 0 Å². The molecule has 0 aromatic heterocycles. The molecule has 0 heterocycles. The van der Waals surface area contributed by atoms with E-state index in [2.05, 4.69) is 0 Å². The summed E-state index contributed by atoms with van der Waals surface area (Å²) in [6, 6.07) is 9.39. The minimum absolute atomic E-state index is 0.289. The van der Waals surface area contributed by atoms with Crippen LogP contribution in [0.5, 0.6) is 11.5 Å². The molecule has 0 saturated carbocycles. The Kier molecular flexibility index (Phi) is 4.19. The van der Waals surface area contributed by atoms with Crippen molar-refractivity contribution in [3.63, 3.8) is 0 Å². The first-order chi connectivity index (χ1) is 10.1. The molecule has 3 heteroatoms. The Morgan fingerprint density at radius 1 is 0.773 bits per heavy atom. The molecule has 0 saturated heterocycles. The normalized spacial score (nSPS) is 12.3. The number of rotatable bonds is 3. The second kappa shape index (κ2) is 5.64. The molecule has 0 aliphatic rings. The Labute approximate surface area is 132 Å². The van der Waals surface area contributed by atoms with Gasteiger partial charge in [0, 0.05) is 16.3 Å². The quantitative estimate of drug-likeness (QED) is 0.748. The van der Waals surface area contributed by atoms with Crippen molar-refractivity contribution in [2.45, 2.75) is 52.7 Å². The molecule has 0 bridgehead atoms. The highest BCUT2D eigenvalue weighted by molar-refractivity contribution is 5.96. The van der Waals surface area contributed by atoms with E-state index < -0.39 is 0 Å². The van der Waals surface area contributed by atoms with Crippen molar-refractivity contribution < 1.29 is 14.3 Å². The van der Waals surface area contributed by atoms with Gasteiger partial charge in [0.2, 0.25) is 0 Å². The third-order valence-corrected chi connectivity index (χ3v) is 2.93. The predicted molar refractivity (Wildman–Crippen MR) is 90.1 cm³/mol. The van der Waals surface area contributed by atoms with Gasteiger partial charge in [0.15, 0.2) is 0 Å². The molecule has 0 radical (unpaired) electrons. The number of carbonyl (C=O) groups is 1. The van der Waals surface area contributed by atoms with Crippen molar-refractivity contribution in [3.05, 3.63) is 35.9 Å². The Morgan fingerprint density at radius 3 is 1.73 bits per heavy atom. The van der Waals surface area contributed by atoms with Crippen LogP contribution < -0.4 is 9.47 Å². The molecule has 118 valence electrons. The predicted octanol–water partition coefficient (Wildman–Crippen LogP) is 5.01. The summed E-state index contributed by atoms with van der Waals surface area (Å²) in [7, 11) is 0. The number of hydrogen-bond donors (Lipinski definition) is 0. The first kappa shape index (κ1) is 16.3. The molecular formula is C19H24O3. The number of fused-ring (bicyclic) bond motifs is 1. The van der Waals surface area contributed by atoms with E-state index in [1.54, 1.807) is 6.07 Å². The summed E-state index contributed by atoms with van der Waals surface area (Å²) in [6.45, 7) is 12.0. The van der Waals surface area contributed by atoms with Crippen molar-refractivity contribution >= 4 is 17.1 Å². The minimum Gasteiger partial charge on any atom is -0.488 e. The highest BCUT2D eigenvalue weighted by Crippen LogP contribution is 2.36. The third-order valence-electron chi connectivity index (χ3n) is 2.93. The fourth-order valence-corrected chi connectivity index (χ4v) is 2.22. The van der Waals surface area contributed by atoms with E-state index in [4.69, 9.17) is 9.47 Å². The van der Waals surface area contributed by atoms with Crippen LogP contribution >= 0.6 is 0 Å². The summed E-state index contributed by atoms with van der Waals surface area (Å²) in [4.78, 5) is 11.1. The summed E-state index contributed by atoms with van der Waals surface area (Å²) in [5.74, 6) is 1.55. The van der Waals surface area contributed by atoms with Crippen molar-refractivity contribution in [2.75, 3.05) is 0 Å². The fourth-order valence-electron chi connectivity index (χ4n) is 2.22. The molecule has 0 atom stereocenters. The van der Waals surface area contributed by atoms with Crippen LogP contribution in [0.2, 0.25) is 0 Å². The van der Waals surface area contributed by atoms with Crippen LogP contribution in [0.1, 0.15) is 51.9 Å². The topological polar surface area (TPSA) is 35.5 Å². The molecule has 3 nitrogen and oxygen atoms in total. The zero-order valence-corrected chi connectivity index (χ0v) is 14.2. The van der Waals surface area contributed by atoms with Crippen LogP contribution in [-0.2, 0) is 0 Å². The van der Waals surface area contributed by atoms with Crippen LogP contribution in [-0.4, -0.2) is 17.5 Å². The summed E-state index contributed by atoms with van der Waals surface area (Å²) in [5, 5.41) is 1.84. The summed E-state index contributed by atoms with van der Waals surface area (Å²) < 4.78 is 12.1. The van der Waals surface area contributed by atoms with Gasteiger partial charge < -0.3 is 9.47 Å². The molecule has 2 aromatic carbocycles. The van der Waals surface area contributed by atoms with Gasteiger partial charge in [-0.15, -0.1) is 0 Å². The van der Waals surface area contributed by atoms with Crippen LogP contribution in [0.25, 0.3) is 10.8 Å². The Morgan fingerprint density at radius 2 is 1.27 bits per heavy atom. The number of benzene rings is 2. The van der Waals surface area contributed by atoms with Gasteiger partial charge in [0.05, 0.1) is 0 Å². The van der Waals surface area contributed by atoms with Gasteiger partial charge in [0.1, 0.15) is 29.0 Å². The average molecular weight is 300 g/mol. The van der Waals surface area contributed by atoms with Crippen LogP contribution in [0, 0.1) is 0 Å². The van der Waals surface area contributed by atoms with E-state index in [0.717, 1.165) is 28.6 Å². The Hall–Kier alpha value is -2.03. The molecule has 0 amide bonds. The zero-order valence-electron chi connectivity index (χ0n) is 14.2. The molecule has 0 aliphatic heterocycles. The standard InChI is InChI=1S/C19H24O3/c1-18(2,3)21-16-9-10-17(22-19(4,5)6)15-11-13(12-20)7-8-14(15)16/h7-12H,1-6H3. The molecule has 22 heavy (non-hydrogen) atoms. The van der Waals surface area contributed by atoms with Crippen molar-refractivity contribution in [1.29, 1.82) is 0 Å². The largest absolute Gasteiger partial charge is 0.488 e. The van der Waals surface area contributed by atoms with Gasteiger partial charge in [-0.3, -0.25) is 4.79 Å².